The number of pyridine rings is 1. The number of aliphatic hydroxyl groups is 1. The number of nitrogens with one attached hydrogen (secondary N) is 1. The van der Waals surface area contributed by atoms with Gasteiger partial charge in [0.1, 0.15) is 5.75 Å². The van der Waals surface area contributed by atoms with Gasteiger partial charge in [-0.3, -0.25) is 4.79 Å². The Hall–Kier alpha value is -2.61. The Kier molecular flexibility index (Phi) is 4.73. The Balaban J connectivity index is 1.26. The van der Waals surface area contributed by atoms with Crippen molar-refractivity contribution in [1.29, 1.82) is 0 Å². The minimum absolute atomic E-state index is 0.0137. The lowest BCUT2D eigenvalue weighted by molar-refractivity contribution is -0.138. The van der Waals surface area contributed by atoms with Gasteiger partial charge in [0, 0.05) is 23.9 Å². The van der Waals surface area contributed by atoms with Crippen LogP contribution in [0, 0.1) is 17.8 Å². The largest absolute Gasteiger partial charge is 0.439 e. The van der Waals surface area contributed by atoms with Crippen LogP contribution in [-0.2, 0) is 6.18 Å². The zero-order chi connectivity index (χ0) is 21.8. The number of ether oxygens (including phenoxy) is 1. The molecule has 0 aliphatic heterocycles. The van der Waals surface area contributed by atoms with Crippen molar-refractivity contribution >= 4 is 5.91 Å². The van der Waals surface area contributed by atoms with E-state index >= 15 is 0 Å². The van der Waals surface area contributed by atoms with E-state index in [0.29, 0.717) is 35.3 Å². The minimum Gasteiger partial charge on any atom is -0.439 e. The summed E-state index contributed by atoms with van der Waals surface area (Å²) in [5, 5.41) is 13.9. The monoisotopic (exact) mass is 432 g/mol. The van der Waals surface area contributed by atoms with Gasteiger partial charge in [-0.15, -0.1) is 0 Å². The third-order valence-corrected chi connectivity index (χ3v) is 6.92. The smallest absolute Gasteiger partial charge is 0.417 e. The van der Waals surface area contributed by atoms with Crippen molar-refractivity contribution in [3.8, 4) is 11.6 Å². The topological polar surface area (TPSA) is 71.5 Å². The highest BCUT2D eigenvalue weighted by molar-refractivity contribution is 5.94. The SMILES string of the molecule is O=C(NC1C2CC3CC1CC(O)(C3)C2)c1cccc(Oc2ccc(C(F)(F)F)cn2)c1. The molecule has 164 valence electrons. The predicted molar refractivity (Wildman–Crippen MR) is 106 cm³/mol. The third-order valence-electron chi connectivity index (χ3n) is 6.92. The van der Waals surface area contributed by atoms with E-state index in [2.05, 4.69) is 10.3 Å². The average molecular weight is 432 g/mol. The summed E-state index contributed by atoms with van der Waals surface area (Å²) in [5.41, 5.74) is -0.995. The number of carbonyl (C=O) groups excluding carboxylic acids is 1. The van der Waals surface area contributed by atoms with Crippen LogP contribution in [-0.4, -0.2) is 27.6 Å². The molecule has 0 saturated heterocycles. The Labute approximate surface area is 177 Å². The second-order valence-electron chi connectivity index (χ2n) is 9.21. The maximum atomic E-state index is 12.9. The molecule has 2 aromatic rings. The number of hydrogen-bond donors (Lipinski definition) is 2. The van der Waals surface area contributed by atoms with Crippen LogP contribution >= 0.6 is 0 Å². The van der Waals surface area contributed by atoms with Crippen molar-refractivity contribution in [3.63, 3.8) is 0 Å². The molecule has 0 radical (unpaired) electrons. The normalized spacial score (nSPS) is 31.5. The number of rotatable bonds is 4. The van der Waals surface area contributed by atoms with E-state index in [1.54, 1.807) is 24.3 Å². The number of benzene rings is 1. The number of amides is 1. The molecule has 4 saturated carbocycles. The van der Waals surface area contributed by atoms with Gasteiger partial charge in [-0.1, -0.05) is 6.07 Å². The first-order valence-electron chi connectivity index (χ1n) is 10.5. The maximum Gasteiger partial charge on any atom is 0.417 e. The molecule has 1 amide bonds. The number of halogens is 3. The van der Waals surface area contributed by atoms with Crippen LogP contribution in [0.15, 0.2) is 42.6 Å². The van der Waals surface area contributed by atoms with Gasteiger partial charge < -0.3 is 15.2 Å². The van der Waals surface area contributed by atoms with Crippen LogP contribution in [0.1, 0.15) is 48.0 Å². The van der Waals surface area contributed by atoms with E-state index < -0.39 is 17.3 Å². The molecule has 4 fully saturated rings. The van der Waals surface area contributed by atoms with E-state index in [9.17, 15) is 23.1 Å². The van der Waals surface area contributed by atoms with E-state index in [4.69, 9.17) is 4.74 Å². The van der Waals surface area contributed by atoms with Crippen molar-refractivity contribution in [2.75, 3.05) is 0 Å². The number of aromatic nitrogens is 1. The quantitative estimate of drug-likeness (QED) is 0.743. The summed E-state index contributed by atoms with van der Waals surface area (Å²) in [6, 6.07) is 8.62. The molecule has 4 aliphatic carbocycles. The number of nitrogens with zero attached hydrogens (tertiary/aromatic N) is 1. The summed E-state index contributed by atoms with van der Waals surface area (Å²) in [6.45, 7) is 0. The Morgan fingerprint density at radius 3 is 2.48 bits per heavy atom. The van der Waals surface area contributed by atoms with Crippen LogP contribution < -0.4 is 10.1 Å². The number of hydrogen-bond acceptors (Lipinski definition) is 4. The van der Waals surface area contributed by atoms with Crippen molar-refractivity contribution in [3.05, 3.63) is 53.7 Å². The van der Waals surface area contributed by atoms with E-state index in [1.807, 2.05) is 0 Å². The van der Waals surface area contributed by atoms with Crippen molar-refractivity contribution < 1.29 is 27.8 Å². The summed E-state index contributed by atoms with van der Waals surface area (Å²) >= 11 is 0. The lowest BCUT2D eigenvalue weighted by Crippen LogP contribution is -2.61. The van der Waals surface area contributed by atoms with Crippen LogP contribution in [0.2, 0.25) is 0 Å². The number of alkyl halides is 3. The van der Waals surface area contributed by atoms with Gasteiger partial charge in [0.2, 0.25) is 5.88 Å². The molecule has 1 aromatic carbocycles. The highest BCUT2D eigenvalue weighted by atomic mass is 19.4. The molecule has 4 aliphatic rings. The maximum absolute atomic E-state index is 12.9. The van der Waals surface area contributed by atoms with Crippen LogP contribution in [0.3, 0.4) is 0 Å². The number of carbonyl (C=O) groups is 1. The highest BCUT2D eigenvalue weighted by Gasteiger charge is 2.55. The van der Waals surface area contributed by atoms with E-state index in [1.165, 1.54) is 0 Å². The standard InChI is InChI=1S/C23H23F3N2O3/c24-23(25,26)17-4-5-19(27-12-17)31-18-3-1-2-14(8-18)21(29)28-20-15-6-13-7-16(20)11-22(30,9-13)10-15/h1-5,8,12-13,15-16,20,30H,6-7,9-11H2,(H,28,29). The van der Waals surface area contributed by atoms with Gasteiger partial charge in [0.15, 0.2) is 0 Å². The second kappa shape index (κ2) is 7.22. The van der Waals surface area contributed by atoms with Gasteiger partial charge in [-0.2, -0.15) is 13.2 Å². The highest BCUT2D eigenvalue weighted by Crippen LogP contribution is 2.55. The molecule has 2 atom stereocenters. The van der Waals surface area contributed by atoms with Gasteiger partial charge in [-0.05, 0) is 74.1 Å². The Morgan fingerprint density at radius 1 is 1.13 bits per heavy atom. The minimum atomic E-state index is -4.46. The molecule has 2 unspecified atom stereocenters. The van der Waals surface area contributed by atoms with Crippen molar-refractivity contribution in [2.24, 2.45) is 17.8 Å². The fraction of sp³-hybridized carbons (Fsp3) is 0.478. The summed E-state index contributed by atoms with van der Waals surface area (Å²) in [7, 11) is 0. The molecule has 5 nitrogen and oxygen atoms in total. The molecule has 1 aromatic heterocycles. The van der Waals surface area contributed by atoms with Gasteiger partial charge in [0.05, 0.1) is 11.2 Å². The van der Waals surface area contributed by atoms with Gasteiger partial charge >= 0.3 is 6.18 Å². The van der Waals surface area contributed by atoms with Gasteiger partial charge in [0.25, 0.3) is 5.91 Å². The fourth-order valence-corrected chi connectivity index (χ4v) is 5.88. The van der Waals surface area contributed by atoms with Crippen LogP contribution in [0.4, 0.5) is 13.2 Å². The van der Waals surface area contributed by atoms with E-state index in [-0.39, 0.29) is 17.8 Å². The lowest BCUT2D eigenvalue weighted by atomic mass is 9.52. The first-order chi connectivity index (χ1) is 14.7. The first kappa shape index (κ1) is 20.3. The zero-order valence-electron chi connectivity index (χ0n) is 16.7. The Bertz CT molecular complexity index is 976. The molecule has 8 heteroatoms. The van der Waals surface area contributed by atoms with Crippen molar-refractivity contribution in [2.45, 2.75) is 49.9 Å². The van der Waals surface area contributed by atoms with Crippen LogP contribution in [0.5, 0.6) is 11.6 Å². The van der Waals surface area contributed by atoms with Crippen LogP contribution in [0.25, 0.3) is 0 Å². The molecule has 0 spiro atoms. The molecular formula is C23H23F3N2O3. The van der Waals surface area contributed by atoms with E-state index in [0.717, 1.165) is 44.2 Å². The molecular weight excluding hydrogens is 409 g/mol. The zero-order valence-corrected chi connectivity index (χ0v) is 16.7. The van der Waals surface area contributed by atoms with Gasteiger partial charge in [-0.25, -0.2) is 4.98 Å². The lowest BCUT2D eigenvalue weighted by Gasteiger charge is -2.58. The summed E-state index contributed by atoms with van der Waals surface area (Å²) in [5.74, 6) is 1.28. The first-order valence-corrected chi connectivity index (χ1v) is 10.5. The summed E-state index contributed by atoms with van der Waals surface area (Å²) in [6.07, 6.45) is 0.724. The molecule has 4 bridgehead atoms. The second-order valence-corrected chi connectivity index (χ2v) is 9.21. The van der Waals surface area contributed by atoms with Crippen molar-refractivity contribution in [1.82, 2.24) is 10.3 Å². The Morgan fingerprint density at radius 2 is 1.87 bits per heavy atom. The fourth-order valence-electron chi connectivity index (χ4n) is 5.88. The average Bonchev–Trinajstić information content (AvgIpc) is 2.69. The summed E-state index contributed by atoms with van der Waals surface area (Å²) in [4.78, 5) is 16.6. The molecule has 31 heavy (non-hydrogen) atoms. The predicted octanol–water partition coefficient (Wildman–Crippen LogP) is 4.56. The molecule has 1 heterocycles. The molecule has 6 rings (SSSR count). The third kappa shape index (κ3) is 4.01. The molecule has 2 N–H and O–H groups in total. The summed E-state index contributed by atoms with van der Waals surface area (Å²) < 4.78 is 43.6.